The fraction of sp³-hybridized carbons (Fsp3) is 0.364. The van der Waals surface area contributed by atoms with Crippen LogP contribution in [-0.4, -0.2) is 22.3 Å². The first kappa shape index (κ1) is 15.4. The molecule has 7 heteroatoms. The van der Waals surface area contributed by atoms with E-state index in [1.807, 2.05) is 0 Å². The van der Waals surface area contributed by atoms with Crippen molar-refractivity contribution in [3.8, 4) is 0 Å². The number of thioether (sulfide) groups is 1. The number of carboxylic acids is 1. The van der Waals surface area contributed by atoms with Gasteiger partial charge in [-0.3, -0.25) is 4.79 Å². The third-order valence-corrected chi connectivity index (χ3v) is 3.48. The molecule has 18 heavy (non-hydrogen) atoms. The van der Waals surface area contributed by atoms with Gasteiger partial charge in [0.25, 0.3) is 0 Å². The molecule has 0 saturated carbocycles. The maximum Gasteiger partial charge on any atom is 0.441 e. The van der Waals surface area contributed by atoms with Crippen molar-refractivity contribution in [3.05, 3.63) is 34.3 Å². The summed E-state index contributed by atoms with van der Waals surface area (Å²) in [4.78, 5) is 11.1. The summed E-state index contributed by atoms with van der Waals surface area (Å²) < 4.78 is 36.6. The smallest absolute Gasteiger partial charge is 0.441 e. The second kappa shape index (κ2) is 6.47. The largest absolute Gasteiger partial charge is 0.481 e. The van der Waals surface area contributed by atoms with Crippen LogP contribution in [0.25, 0.3) is 0 Å². The fourth-order valence-corrected chi connectivity index (χ4v) is 2.45. The van der Waals surface area contributed by atoms with Crippen molar-refractivity contribution in [2.45, 2.75) is 17.8 Å². The van der Waals surface area contributed by atoms with Crippen molar-refractivity contribution in [3.63, 3.8) is 0 Å². The Morgan fingerprint density at radius 2 is 2.11 bits per heavy atom. The monoisotopic (exact) mass is 342 g/mol. The Morgan fingerprint density at radius 3 is 2.61 bits per heavy atom. The Morgan fingerprint density at radius 1 is 1.44 bits per heavy atom. The van der Waals surface area contributed by atoms with Crippen molar-refractivity contribution < 1.29 is 23.1 Å². The summed E-state index contributed by atoms with van der Waals surface area (Å²) in [6.45, 7) is 0. The van der Waals surface area contributed by atoms with Gasteiger partial charge in [0.2, 0.25) is 0 Å². The molecule has 1 unspecified atom stereocenters. The van der Waals surface area contributed by atoms with E-state index in [1.54, 1.807) is 24.3 Å². The number of alkyl halides is 3. The van der Waals surface area contributed by atoms with Gasteiger partial charge in [0.05, 0.1) is 5.92 Å². The molecule has 2 nitrogen and oxygen atoms in total. The van der Waals surface area contributed by atoms with Crippen LogP contribution in [0.5, 0.6) is 0 Å². The number of hydrogen-bond donors (Lipinski definition) is 1. The zero-order chi connectivity index (χ0) is 13.8. The first-order chi connectivity index (χ1) is 8.29. The second-order valence-corrected chi connectivity index (χ2v) is 5.60. The van der Waals surface area contributed by atoms with Gasteiger partial charge in [0.15, 0.2) is 0 Å². The molecule has 0 aliphatic carbocycles. The van der Waals surface area contributed by atoms with Gasteiger partial charge in [-0.2, -0.15) is 13.2 Å². The molecule has 1 aromatic carbocycles. The van der Waals surface area contributed by atoms with E-state index in [-0.39, 0.29) is 23.9 Å². The van der Waals surface area contributed by atoms with E-state index in [9.17, 15) is 18.0 Å². The van der Waals surface area contributed by atoms with Gasteiger partial charge in [-0.1, -0.05) is 39.8 Å². The van der Waals surface area contributed by atoms with Gasteiger partial charge in [-0.05, 0) is 24.1 Å². The molecular formula is C11H10BrF3O2S. The SMILES string of the molecule is O=C(O)C(CCSC(F)(F)F)c1cccc(Br)c1. The molecule has 1 rings (SSSR count). The topological polar surface area (TPSA) is 37.3 Å². The van der Waals surface area contributed by atoms with Crippen molar-refractivity contribution in [2.24, 2.45) is 0 Å². The summed E-state index contributed by atoms with van der Waals surface area (Å²) in [7, 11) is 0. The molecule has 100 valence electrons. The van der Waals surface area contributed by atoms with Crippen LogP contribution in [0.2, 0.25) is 0 Å². The summed E-state index contributed by atoms with van der Waals surface area (Å²) in [6.07, 6.45) is -0.0596. The highest BCUT2D eigenvalue weighted by atomic mass is 79.9. The van der Waals surface area contributed by atoms with Crippen LogP contribution in [0.1, 0.15) is 17.9 Å². The number of carbonyl (C=O) groups is 1. The molecule has 0 aliphatic rings. The average Bonchev–Trinajstić information content (AvgIpc) is 2.22. The highest BCUT2D eigenvalue weighted by Crippen LogP contribution is 2.33. The number of benzene rings is 1. The van der Waals surface area contributed by atoms with Crippen molar-refractivity contribution in [1.29, 1.82) is 0 Å². The lowest BCUT2D eigenvalue weighted by molar-refractivity contribution is -0.138. The Balaban J connectivity index is 2.69. The van der Waals surface area contributed by atoms with Crippen LogP contribution < -0.4 is 0 Å². The van der Waals surface area contributed by atoms with E-state index < -0.39 is 17.4 Å². The van der Waals surface area contributed by atoms with Crippen molar-refractivity contribution >= 4 is 33.7 Å². The molecule has 0 aromatic heterocycles. The van der Waals surface area contributed by atoms with Crippen molar-refractivity contribution in [1.82, 2.24) is 0 Å². The van der Waals surface area contributed by atoms with Crippen LogP contribution >= 0.6 is 27.7 Å². The normalized spacial score (nSPS) is 13.3. The molecule has 0 bridgehead atoms. The molecule has 0 heterocycles. The van der Waals surface area contributed by atoms with Crippen LogP contribution in [0.4, 0.5) is 13.2 Å². The maximum absolute atomic E-state index is 12.0. The van der Waals surface area contributed by atoms with E-state index in [0.29, 0.717) is 10.0 Å². The Kier molecular flexibility index (Phi) is 5.52. The van der Waals surface area contributed by atoms with E-state index in [2.05, 4.69) is 15.9 Å². The lowest BCUT2D eigenvalue weighted by atomic mass is 9.97. The molecule has 0 amide bonds. The van der Waals surface area contributed by atoms with Crippen molar-refractivity contribution in [2.75, 3.05) is 5.75 Å². The lowest BCUT2D eigenvalue weighted by Crippen LogP contribution is -2.14. The summed E-state index contributed by atoms with van der Waals surface area (Å²) in [5.74, 6) is -2.30. The molecular weight excluding hydrogens is 333 g/mol. The van der Waals surface area contributed by atoms with Gasteiger partial charge in [0, 0.05) is 10.2 Å². The highest BCUT2D eigenvalue weighted by Gasteiger charge is 2.29. The third-order valence-electron chi connectivity index (χ3n) is 2.22. The summed E-state index contributed by atoms with van der Waals surface area (Å²) in [5.41, 5.74) is -3.82. The van der Waals surface area contributed by atoms with Crippen LogP contribution in [0.15, 0.2) is 28.7 Å². The molecule has 0 saturated heterocycles. The van der Waals surface area contributed by atoms with E-state index in [0.717, 1.165) is 0 Å². The molecule has 1 aromatic rings. The minimum absolute atomic E-state index is 0.0596. The molecule has 0 spiro atoms. The van der Waals surface area contributed by atoms with Crippen LogP contribution in [-0.2, 0) is 4.79 Å². The lowest BCUT2D eigenvalue weighted by Gasteiger charge is -2.13. The molecule has 1 atom stereocenters. The zero-order valence-electron chi connectivity index (χ0n) is 9.08. The standard InChI is InChI=1S/C11H10BrF3O2S/c12-8-3-1-2-7(6-8)9(10(16)17)4-5-18-11(13,14)15/h1-3,6,9H,4-5H2,(H,16,17). The van der Waals surface area contributed by atoms with E-state index >= 15 is 0 Å². The zero-order valence-corrected chi connectivity index (χ0v) is 11.5. The summed E-state index contributed by atoms with van der Waals surface area (Å²) in [6, 6.07) is 6.60. The van der Waals surface area contributed by atoms with E-state index in [1.165, 1.54) is 0 Å². The molecule has 1 N–H and O–H groups in total. The minimum atomic E-state index is -4.32. The number of hydrogen-bond acceptors (Lipinski definition) is 2. The van der Waals surface area contributed by atoms with Gasteiger partial charge in [-0.15, -0.1) is 0 Å². The number of aliphatic carboxylic acids is 1. The van der Waals surface area contributed by atoms with Crippen LogP contribution in [0, 0.1) is 0 Å². The molecule has 0 radical (unpaired) electrons. The van der Waals surface area contributed by atoms with E-state index in [4.69, 9.17) is 5.11 Å². The highest BCUT2D eigenvalue weighted by molar-refractivity contribution is 9.10. The Hall–Kier alpha value is -0.690. The number of carboxylic acid groups (broad SMARTS) is 1. The summed E-state index contributed by atoms with van der Waals surface area (Å²) in [5, 5.41) is 9.04. The second-order valence-electron chi connectivity index (χ2n) is 3.53. The predicted molar refractivity (Wildman–Crippen MR) is 67.6 cm³/mol. The van der Waals surface area contributed by atoms with Gasteiger partial charge < -0.3 is 5.11 Å². The fourth-order valence-electron chi connectivity index (χ4n) is 1.45. The van der Waals surface area contributed by atoms with Gasteiger partial charge >= 0.3 is 11.5 Å². The third kappa shape index (κ3) is 5.30. The number of halogens is 4. The predicted octanol–water partition coefficient (Wildman–Crippen LogP) is 4.26. The number of rotatable bonds is 5. The quantitative estimate of drug-likeness (QED) is 0.868. The summed E-state index contributed by atoms with van der Waals surface area (Å²) >= 11 is 3.00. The van der Waals surface area contributed by atoms with Crippen LogP contribution in [0.3, 0.4) is 0 Å². The molecule has 0 fully saturated rings. The molecule has 0 aliphatic heterocycles. The first-order valence-corrected chi connectivity index (χ1v) is 6.76. The Bertz CT molecular complexity index is 423. The maximum atomic E-state index is 12.0. The average molecular weight is 343 g/mol. The Labute approximate surface area is 115 Å². The first-order valence-electron chi connectivity index (χ1n) is 4.98. The van der Waals surface area contributed by atoms with Gasteiger partial charge in [-0.25, -0.2) is 0 Å². The minimum Gasteiger partial charge on any atom is -0.481 e. The van der Waals surface area contributed by atoms with Gasteiger partial charge in [0.1, 0.15) is 0 Å².